The van der Waals surface area contributed by atoms with Gasteiger partial charge < -0.3 is 20.3 Å². The third-order valence-electron chi connectivity index (χ3n) is 3.62. The number of anilines is 2. The first-order chi connectivity index (χ1) is 12.2. The summed E-state index contributed by atoms with van der Waals surface area (Å²) in [6.07, 6.45) is 2.09. The van der Waals surface area contributed by atoms with Crippen molar-refractivity contribution < 1.29 is 14.1 Å². The number of carbonyl (C=O) groups is 1. The number of carbonyl (C=O) groups excluding carboxylic acids is 1. The molecule has 25 heavy (non-hydrogen) atoms. The number of benzene rings is 1. The SMILES string of the molecule is CCCCOc1ccc(NC(=O)c2c(-c3ccsc3)noc2N)cc1. The Morgan fingerprint density at radius 2 is 2.12 bits per heavy atom. The quantitative estimate of drug-likeness (QED) is 0.611. The van der Waals surface area contributed by atoms with Crippen LogP contribution in [0.3, 0.4) is 0 Å². The van der Waals surface area contributed by atoms with Crippen molar-refractivity contribution in [2.45, 2.75) is 19.8 Å². The second kappa shape index (κ2) is 7.85. The molecule has 0 aliphatic rings. The molecule has 1 aromatic carbocycles. The van der Waals surface area contributed by atoms with Gasteiger partial charge in [-0.3, -0.25) is 4.79 Å². The maximum absolute atomic E-state index is 12.6. The summed E-state index contributed by atoms with van der Waals surface area (Å²) in [5.41, 5.74) is 7.91. The third-order valence-corrected chi connectivity index (χ3v) is 4.30. The van der Waals surface area contributed by atoms with E-state index < -0.39 is 0 Å². The van der Waals surface area contributed by atoms with Crippen molar-refractivity contribution in [3.8, 4) is 17.0 Å². The molecule has 0 saturated carbocycles. The van der Waals surface area contributed by atoms with Gasteiger partial charge in [0.15, 0.2) is 0 Å². The van der Waals surface area contributed by atoms with Crippen LogP contribution in [-0.4, -0.2) is 17.7 Å². The normalized spacial score (nSPS) is 10.6. The summed E-state index contributed by atoms with van der Waals surface area (Å²) < 4.78 is 10.6. The summed E-state index contributed by atoms with van der Waals surface area (Å²) in [6, 6.07) is 9.07. The van der Waals surface area contributed by atoms with Crippen molar-refractivity contribution in [3.05, 3.63) is 46.7 Å². The Morgan fingerprint density at radius 3 is 2.80 bits per heavy atom. The summed E-state index contributed by atoms with van der Waals surface area (Å²) >= 11 is 1.51. The molecule has 0 bridgehead atoms. The van der Waals surface area contributed by atoms with Crippen molar-refractivity contribution in [2.24, 2.45) is 0 Å². The Morgan fingerprint density at radius 1 is 1.32 bits per heavy atom. The van der Waals surface area contributed by atoms with E-state index in [4.69, 9.17) is 15.0 Å². The van der Waals surface area contributed by atoms with Crippen molar-refractivity contribution in [2.75, 3.05) is 17.7 Å². The van der Waals surface area contributed by atoms with Gasteiger partial charge in [-0.2, -0.15) is 11.3 Å². The summed E-state index contributed by atoms with van der Waals surface area (Å²) in [5, 5.41) is 10.5. The van der Waals surface area contributed by atoms with Crippen LogP contribution in [0.15, 0.2) is 45.6 Å². The average molecular weight is 357 g/mol. The van der Waals surface area contributed by atoms with Crippen LogP contribution in [0, 0.1) is 0 Å². The van der Waals surface area contributed by atoms with Crippen LogP contribution in [0.5, 0.6) is 5.75 Å². The van der Waals surface area contributed by atoms with Gasteiger partial charge in [0, 0.05) is 16.6 Å². The molecular formula is C18H19N3O3S. The number of rotatable bonds is 7. The third kappa shape index (κ3) is 4.00. The lowest BCUT2D eigenvalue weighted by molar-refractivity contribution is 0.102. The highest BCUT2D eigenvalue weighted by atomic mass is 32.1. The van der Waals surface area contributed by atoms with Crippen LogP contribution >= 0.6 is 11.3 Å². The van der Waals surface area contributed by atoms with Crippen LogP contribution in [0.25, 0.3) is 11.3 Å². The summed E-state index contributed by atoms with van der Waals surface area (Å²) in [6.45, 7) is 2.80. The minimum absolute atomic E-state index is 0.00165. The molecule has 0 aliphatic heterocycles. The Kier molecular flexibility index (Phi) is 5.35. The molecule has 0 aliphatic carbocycles. The van der Waals surface area contributed by atoms with E-state index in [1.807, 2.05) is 29.0 Å². The van der Waals surface area contributed by atoms with E-state index in [0.717, 1.165) is 24.2 Å². The molecule has 0 radical (unpaired) electrons. The fourth-order valence-corrected chi connectivity index (χ4v) is 2.92. The molecule has 6 nitrogen and oxygen atoms in total. The molecule has 3 rings (SSSR count). The van der Waals surface area contributed by atoms with E-state index in [1.165, 1.54) is 11.3 Å². The first-order valence-corrected chi connectivity index (χ1v) is 8.95. The Balaban J connectivity index is 1.72. The number of hydrogen-bond acceptors (Lipinski definition) is 6. The van der Waals surface area contributed by atoms with Crippen molar-refractivity contribution in [1.82, 2.24) is 5.16 Å². The Bertz CT molecular complexity index is 826. The minimum atomic E-state index is -0.361. The van der Waals surface area contributed by atoms with Gasteiger partial charge in [0.2, 0.25) is 5.88 Å². The first-order valence-electron chi connectivity index (χ1n) is 8.01. The molecule has 2 heterocycles. The highest BCUT2D eigenvalue weighted by Gasteiger charge is 2.22. The van der Waals surface area contributed by atoms with Crippen molar-refractivity contribution in [3.63, 3.8) is 0 Å². The van der Waals surface area contributed by atoms with Gasteiger partial charge in [-0.05, 0) is 42.1 Å². The maximum atomic E-state index is 12.6. The molecular weight excluding hydrogens is 338 g/mol. The van der Waals surface area contributed by atoms with Gasteiger partial charge in [0.1, 0.15) is 17.0 Å². The van der Waals surface area contributed by atoms with Crippen LogP contribution in [0.4, 0.5) is 11.6 Å². The van der Waals surface area contributed by atoms with Gasteiger partial charge in [-0.1, -0.05) is 18.5 Å². The number of aromatic nitrogens is 1. The predicted octanol–water partition coefficient (Wildman–Crippen LogP) is 4.42. The van der Waals surface area contributed by atoms with Gasteiger partial charge in [0.25, 0.3) is 5.91 Å². The molecule has 1 amide bonds. The number of nitrogens with two attached hydrogens (primary N) is 1. The second-order valence-electron chi connectivity index (χ2n) is 5.46. The second-order valence-corrected chi connectivity index (χ2v) is 6.24. The first kappa shape index (κ1) is 17.0. The van der Waals surface area contributed by atoms with Gasteiger partial charge >= 0.3 is 0 Å². The predicted molar refractivity (Wildman–Crippen MR) is 99.0 cm³/mol. The Labute approximate surface area is 149 Å². The number of ether oxygens (including phenoxy) is 1. The number of nitrogen functional groups attached to an aromatic ring is 1. The van der Waals surface area contributed by atoms with E-state index >= 15 is 0 Å². The lowest BCUT2D eigenvalue weighted by Gasteiger charge is -2.08. The number of hydrogen-bond donors (Lipinski definition) is 2. The molecule has 7 heteroatoms. The molecule has 0 atom stereocenters. The highest BCUT2D eigenvalue weighted by Crippen LogP contribution is 2.29. The fourth-order valence-electron chi connectivity index (χ4n) is 2.28. The zero-order chi connectivity index (χ0) is 17.6. The number of nitrogens with one attached hydrogen (secondary N) is 1. The van der Waals surface area contributed by atoms with E-state index in [9.17, 15) is 4.79 Å². The summed E-state index contributed by atoms with van der Waals surface area (Å²) in [4.78, 5) is 12.6. The fraction of sp³-hybridized carbons (Fsp3) is 0.222. The molecule has 2 aromatic heterocycles. The molecule has 3 N–H and O–H groups in total. The van der Waals surface area contributed by atoms with Crippen LogP contribution in [0.1, 0.15) is 30.1 Å². The minimum Gasteiger partial charge on any atom is -0.494 e. The Hall–Kier alpha value is -2.80. The van der Waals surface area contributed by atoms with Crippen LogP contribution < -0.4 is 15.8 Å². The molecule has 0 saturated heterocycles. The highest BCUT2D eigenvalue weighted by molar-refractivity contribution is 7.08. The maximum Gasteiger partial charge on any atom is 0.263 e. The molecule has 130 valence electrons. The zero-order valence-electron chi connectivity index (χ0n) is 13.8. The van der Waals surface area contributed by atoms with E-state index in [1.54, 1.807) is 12.1 Å². The van der Waals surface area contributed by atoms with E-state index in [2.05, 4.69) is 17.4 Å². The van der Waals surface area contributed by atoms with E-state index in [-0.39, 0.29) is 17.4 Å². The van der Waals surface area contributed by atoms with Crippen LogP contribution in [-0.2, 0) is 0 Å². The van der Waals surface area contributed by atoms with Gasteiger partial charge in [-0.15, -0.1) is 0 Å². The largest absolute Gasteiger partial charge is 0.494 e. The molecule has 0 spiro atoms. The zero-order valence-corrected chi connectivity index (χ0v) is 14.6. The summed E-state index contributed by atoms with van der Waals surface area (Å²) in [5.74, 6) is 0.410. The molecule has 3 aromatic rings. The number of unbranched alkanes of at least 4 members (excludes halogenated alkanes) is 1. The van der Waals surface area contributed by atoms with E-state index in [0.29, 0.717) is 18.0 Å². The number of amides is 1. The lowest BCUT2D eigenvalue weighted by atomic mass is 10.1. The van der Waals surface area contributed by atoms with Crippen molar-refractivity contribution >= 4 is 28.8 Å². The monoisotopic (exact) mass is 357 g/mol. The number of nitrogens with zero attached hydrogens (tertiary/aromatic N) is 1. The number of thiophene rings is 1. The molecule has 0 fully saturated rings. The smallest absolute Gasteiger partial charge is 0.263 e. The topological polar surface area (TPSA) is 90.4 Å². The standard InChI is InChI=1S/C18H19N3O3S/c1-2-3-9-23-14-6-4-13(5-7-14)20-18(22)15-16(21-24-17(15)19)12-8-10-25-11-12/h4-8,10-11H,2-3,9,19H2,1H3,(H,20,22). The van der Waals surface area contributed by atoms with Crippen molar-refractivity contribution in [1.29, 1.82) is 0 Å². The van der Waals surface area contributed by atoms with Gasteiger partial charge in [0.05, 0.1) is 6.61 Å². The molecule has 0 unspecified atom stereocenters. The lowest BCUT2D eigenvalue weighted by Crippen LogP contribution is -2.13. The summed E-state index contributed by atoms with van der Waals surface area (Å²) in [7, 11) is 0. The van der Waals surface area contributed by atoms with Crippen LogP contribution in [0.2, 0.25) is 0 Å². The average Bonchev–Trinajstić information content (AvgIpc) is 3.26. The van der Waals surface area contributed by atoms with Gasteiger partial charge in [-0.25, -0.2) is 0 Å².